The third-order valence-corrected chi connectivity index (χ3v) is 6.58. The summed E-state index contributed by atoms with van der Waals surface area (Å²) in [5.74, 6) is 1.55. The largest absolute Gasteiger partial charge is 0.384 e. The zero-order valence-corrected chi connectivity index (χ0v) is 19.9. The lowest BCUT2D eigenvalue weighted by Gasteiger charge is -2.42. The minimum atomic E-state index is 0.222. The standard InChI is InChI=1S/C24H34N8O/c1-24(2,3)31-8-6-29(7-9-31)17-19-14-22-27-20(18-4-5-21(25)26-16-18)15-23(32(22)28-19)30-10-12-33-13-11-30/h4-5,14-16H,6-13,17H2,1-3H3,(H2,25,26). The fourth-order valence-corrected chi connectivity index (χ4v) is 4.61. The first-order chi connectivity index (χ1) is 15.9. The smallest absolute Gasteiger partial charge is 0.158 e. The van der Waals surface area contributed by atoms with Gasteiger partial charge < -0.3 is 15.4 Å². The van der Waals surface area contributed by atoms with E-state index in [1.165, 1.54) is 0 Å². The summed E-state index contributed by atoms with van der Waals surface area (Å²) in [7, 11) is 0. The predicted molar refractivity (Wildman–Crippen MR) is 130 cm³/mol. The molecule has 2 N–H and O–H groups in total. The van der Waals surface area contributed by atoms with Crippen LogP contribution in [-0.2, 0) is 11.3 Å². The van der Waals surface area contributed by atoms with Crippen LogP contribution in [0.3, 0.4) is 0 Å². The Balaban J connectivity index is 1.44. The Morgan fingerprint density at radius 1 is 1.00 bits per heavy atom. The molecule has 3 aromatic rings. The molecule has 9 nitrogen and oxygen atoms in total. The number of anilines is 2. The zero-order valence-electron chi connectivity index (χ0n) is 19.9. The third-order valence-electron chi connectivity index (χ3n) is 6.58. The van der Waals surface area contributed by atoms with Gasteiger partial charge in [-0.25, -0.2) is 9.97 Å². The number of morpholine rings is 1. The molecule has 5 rings (SSSR count). The van der Waals surface area contributed by atoms with Gasteiger partial charge in [-0.3, -0.25) is 9.80 Å². The van der Waals surface area contributed by atoms with Crippen LogP contribution < -0.4 is 10.6 Å². The van der Waals surface area contributed by atoms with E-state index in [2.05, 4.69) is 52.6 Å². The topological polar surface area (TPSA) is 88.0 Å². The van der Waals surface area contributed by atoms with Gasteiger partial charge in [0.2, 0.25) is 0 Å². The zero-order chi connectivity index (χ0) is 23.0. The number of hydrogen-bond donors (Lipinski definition) is 1. The molecule has 2 aliphatic rings. The van der Waals surface area contributed by atoms with Gasteiger partial charge in [-0.15, -0.1) is 0 Å². The molecule has 2 fully saturated rings. The van der Waals surface area contributed by atoms with Crippen molar-refractivity contribution in [2.75, 3.05) is 63.1 Å². The second-order valence-corrected chi connectivity index (χ2v) is 9.91. The summed E-state index contributed by atoms with van der Waals surface area (Å²) in [6, 6.07) is 8.00. The molecule has 2 aliphatic heterocycles. The maximum atomic E-state index is 5.79. The van der Waals surface area contributed by atoms with E-state index >= 15 is 0 Å². The predicted octanol–water partition coefficient (Wildman–Crippen LogP) is 2.13. The molecular formula is C24H34N8O. The number of nitrogen functional groups attached to an aromatic ring is 1. The normalized spacial score (nSPS) is 18.8. The third kappa shape index (κ3) is 4.80. The average molecular weight is 451 g/mol. The van der Waals surface area contributed by atoms with Crippen LogP contribution in [-0.4, -0.2) is 87.4 Å². The molecule has 0 saturated carbocycles. The highest BCUT2D eigenvalue weighted by molar-refractivity contribution is 5.67. The van der Waals surface area contributed by atoms with Gasteiger partial charge in [-0.2, -0.15) is 9.61 Å². The fraction of sp³-hybridized carbons (Fsp3) is 0.542. The van der Waals surface area contributed by atoms with E-state index in [9.17, 15) is 0 Å². The number of pyridine rings is 1. The summed E-state index contributed by atoms with van der Waals surface area (Å²) in [6.45, 7) is 15.1. The van der Waals surface area contributed by atoms with Crippen molar-refractivity contribution in [2.24, 2.45) is 0 Å². The molecule has 0 atom stereocenters. The van der Waals surface area contributed by atoms with E-state index in [1.54, 1.807) is 6.20 Å². The molecule has 0 aromatic carbocycles. The SMILES string of the molecule is CC(C)(C)N1CCN(Cc2cc3nc(-c4ccc(N)nc4)cc(N4CCOCC4)n3n2)CC1. The van der Waals surface area contributed by atoms with E-state index in [-0.39, 0.29) is 5.54 Å². The summed E-state index contributed by atoms with van der Waals surface area (Å²) < 4.78 is 7.56. The van der Waals surface area contributed by atoms with Crippen LogP contribution in [0.4, 0.5) is 11.6 Å². The first-order valence-electron chi connectivity index (χ1n) is 11.8. The van der Waals surface area contributed by atoms with E-state index < -0.39 is 0 Å². The molecule has 0 radical (unpaired) electrons. The van der Waals surface area contributed by atoms with Crippen molar-refractivity contribution in [3.63, 3.8) is 0 Å². The summed E-state index contributed by atoms with van der Waals surface area (Å²) in [5, 5.41) is 4.98. The van der Waals surface area contributed by atoms with E-state index in [0.29, 0.717) is 5.82 Å². The minimum Gasteiger partial charge on any atom is -0.384 e. The highest BCUT2D eigenvalue weighted by atomic mass is 16.5. The van der Waals surface area contributed by atoms with Crippen LogP contribution in [0.5, 0.6) is 0 Å². The Kier molecular flexibility index (Phi) is 5.94. The Morgan fingerprint density at radius 3 is 2.42 bits per heavy atom. The monoisotopic (exact) mass is 450 g/mol. The Morgan fingerprint density at radius 2 is 1.76 bits per heavy atom. The summed E-state index contributed by atoms with van der Waals surface area (Å²) >= 11 is 0. The fourth-order valence-electron chi connectivity index (χ4n) is 4.61. The molecule has 0 aliphatic carbocycles. The van der Waals surface area contributed by atoms with Crippen LogP contribution in [0, 0.1) is 0 Å². The van der Waals surface area contributed by atoms with E-state index in [4.69, 9.17) is 20.6 Å². The number of hydrogen-bond acceptors (Lipinski definition) is 8. The Bertz CT molecular complexity index is 1090. The van der Waals surface area contributed by atoms with Gasteiger partial charge in [-0.1, -0.05) is 0 Å². The molecule has 9 heteroatoms. The van der Waals surface area contributed by atoms with Crippen molar-refractivity contribution in [3.8, 4) is 11.3 Å². The van der Waals surface area contributed by atoms with Gasteiger partial charge in [-0.05, 0) is 32.9 Å². The summed E-state index contributed by atoms with van der Waals surface area (Å²) in [4.78, 5) is 16.5. The van der Waals surface area contributed by atoms with Crippen LogP contribution in [0.15, 0.2) is 30.5 Å². The van der Waals surface area contributed by atoms with Crippen molar-refractivity contribution >= 4 is 17.3 Å². The molecule has 33 heavy (non-hydrogen) atoms. The first-order valence-corrected chi connectivity index (χ1v) is 11.8. The Labute approximate surface area is 195 Å². The number of aromatic nitrogens is 4. The van der Waals surface area contributed by atoms with E-state index in [1.807, 2.05) is 16.6 Å². The van der Waals surface area contributed by atoms with Gasteiger partial charge in [0.05, 0.1) is 24.6 Å². The molecule has 3 aromatic heterocycles. The number of nitrogens with two attached hydrogens (primary N) is 1. The second-order valence-electron chi connectivity index (χ2n) is 9.91. The van der Waals surface area contributed by atoms with Crippen molar-refractivity contribution in [1.82, 2.24) is 29.4 Å². The molecule has 0 spiro atoms. The number of ether oxygens (including phenoxy) is 1. The molecule has 0 bridgehead atoms. The van der Waals surface area contributed by atoms with Crippen LogP contribution in [0.25, 0.3) is 16.9 Å². The van der Waals surface area contributed by atoms with Crippen molar-refractivity contribution in [2.45, 2.75) is 32.9 Å². The lowest BCUT2D eigenvalue weighted by molar-refractivity contribution is 0.0585. The molecule has 5 heterocycles. The average Bonchev–Trinajstić information content (AvgIpc) is 3.21. The molecule has 0 amide bonds. The molecule has 2 saturated heterocycles. The van der Waals surface area contributed by atoms with Gasteiger partial charge in [0.1, 0.15) is 11.6 Å². The maximum Gasteiger partial charge on any atom is 0.158 e. The minimum absolute atomic E-state index is 0.222. The van der Waals surface area contributed by atoms with Crippen molar-refractivity contribution in [3.05, 3.63) is 36.2 Å². The van der Waals surface area contributed by atoms with Crippen molar-refractivity contribution < 1.29 is 4.74 Å². The number of nitrogens with zero attached hydrogens (tertiary/aromatic N) is 7. The lowest BCUT2D eigenvalue weighted by Crippen LogP contribution is -2.53. The van der Waals surface area contributed by atoms with Crippen LogP contribution in [0.1, 0.15) is 26.5 Å². The van der Waals surface area contributed by atoms with Crippen LogP contribution in [0.2, 0.25) is 0 Å². The first kappa shape index (κ1) is 22.1. The lowest BCUT2D eigenvalue weighted by atomic mass is 10.0. The van der Waals surface area contributed by atoms with E-state index in [0.717, 1.165) is 87.4 Å². The highest BCUT2D eigenvalue weighted by Gasteiger charge is 2.26. The van der Waals surface area contributed by atoms with Crippen molar-refractivity contribution in [1.29, 1.82) is 0 Å². The maximum absolute atomic E-state index is 5.79. The molecule has 176 valence electrons. The van der Waals surface area contributed by atoms with Crippen LogP contribution >= 0.6 is 0 Å². The van der Waals surface area contributed by atoms with Gasteiger partial charge in [0.25, 0.3) is 0 Å². The number of piperazine rings is 1. The summed E-state index contributed by atoms with van der Waals surface area (Å²) in [5.41, 5.74) is 9.74. The van der Waals surface area contributed by atoms with Gasteiger partial charge >= 0.3 is 0 Å². The van der Waals surface area contributed by atoms with Gasteiger partial charge in [0.15, 0.2) is 5.65 Å². The van der Waals surface area contributed by atoms with Gasteiger partial charge in [0, 0.05) is 75.2 Å². The second kappa shape index (κ2) is 8.89. The Hall–Kier alpha value is -2.75. The molecule has 0 unspecified atom stereocenters. The quantitative estimate of drug-likeness (QED) is 0.647. The highest BCUT2D eigenvalue weighted by Crippen LogP contribution is 2.26. The summed E-state index contributed by atoms with van der Waals surface area (Å²) in [6.07, 6.45) is 1.78. The molecular weight excluding hydrogens is 416 g/mol. The number of fused-ring (bicyclic) bond motifs is 1. The number of rotatable bonds is 4.